The standard InChI is InChI=1S/C14H13ClN4O2/c1-9-6-10-4-2-3-5-11(10)18(7-9)14-12(19(20)21)13(15)16-8-17-14/h2-5,8-9H,6-7H2,1H3. The summed E-state index contributed by atoms with van der Waals surface area (Å²) in [5.41, 5.74) is 1.84. The Morgan fingerprint density at radius 3 is 2.90 bits per heavy atom. The van der Waals surface area contributed by atoms with Gasteiger partial charge in [-0.25, -0.2) is 9.97 Å². The van der Waals surface area contributed by atoms with Crippen molar-refractivity contribution in [2.75, 3.05) is 11.4 Å². The summed E-state index contributed by atoms with van der Waals surface area (Å²) in [6.07, 6.45) is 2.20. The maximum Gasteiger partial charge on any atom is 0.348 e. The summed E-state index contributed by atoms with van der Waals surface area (Å²) in [6, 6.07) is 7.86. The van der Waals surface area contributed by atoms with Crippen molar-refractivity contribution in [2.45, 2.75) is 13.3 Å². The fourth-order valence-corrected chi connectivity index (χ4v) is 2.90. The Kier molecular flexibility index (Phi) is 3.47. The third kappa shape index (κ3) is 2.42. The molecule has 0 bridgehead atoms. The van der Waals surface area contributed by atoms with Crippen LogP contribution in [0.25, 0.3) is 0 Å². The third-order valence-electron chi connectivity index (χ3n) is 3.54. The van der Waals surface area contributed by atoms with Gasteiger partial charge in [-0.15, -0.1) is 0 Å². The molecule has 21 heavy (non-hydrogen) atoms. The summed E-state index contributed by atoms with van der Waals surface area (Å²) in [7, 11) is 0. The Labute approximate surface area is 126 Å². The van der Waals surface area contributed by atoms with Crippen LogP contribution in [-0.4, -0.2) is 21.4 Å². The molecule has 1 aliphatic rings. The summed E-state index contributed by atoms with van der Waals surface area (Å²) in [4.78, 5) is 20.4. The summed E-state index contributed by atoms with van der Waals surface area (Å²) < 4.78 is 0. The number of nitrogens with zero attached hydrogens (tertiary/aromatic N) is 4. The van der Waals surface area contributed by atoms with Crippen LogP contribution < -0.4 is 4.90 Å². The molecule has 6 nitrogen and oxygen atoms in total. The number of hydrogen-bond donors (Lipinski definition) is 0. The zero-order valence-corrected chi connectivity index (χ0v) is 12.1. The van der Waals surface area contributed by atoms with Crippen LogP contribution in [0.5, 0.6) is 0 Å². The molecule has 1 unspecified atom stereocenters. The second-order valence-electron chi connectivity index (χ2n) is 5.14. The summed E-state index contributed by atoms with van der Waals surface area (Å²) in [5.74, 6) is 0.618. The van der Waals surface area contributed by atoms with E-state index >= 15 is 0 Å². The molecule has 0 saturated carbocycles. The van der Waals surface area contributed by atoms with Gasteiger partial charge in [0.05, 0.1) is 4.92 Å². The minimum Gasteiger partial charge on any atom is -0.320 e. The first-order chi connectivity index (χ1) is 10.1. The first-order valence-electron chi connectivity index (χ1n) is 6.58. The van der Waals surface area contributed by atoms with Crippen molar-refractivity contribution in [3.63, 3.8) is 0 Å². The molecule has 0 spiro atoms. The molecule has 0 N–H and O–H groups in total. The Hall–Kier alpha value is -2.21. The summed E-state index contributed by atoms with van der Waals surface area (Å²) >= 11 is 5.89. The van der Waals surface area contributed by atoms with Crippen LogP contribution in [0.3, 0.4) is 0 Å². The molecule has 108 valence electrons. The van der Waals surface area contributed by atoms with E-state index in [2.05, 4.69) is 16.9 Å². The van der Waals surface area contributed by atoms with Crippen LogP contribution in [0.1, 0.15) is 12.5 Å². The average Bonchev–Trinajstić information content (AvgIpc) is 2.45. The molecule has 0 aliphatic carbocycles. The van der Waals surface area contributed by atoms with Gasteiger partial charge in [-0.05, 0) is 24.0 Å². The van der Waals surface area contributed by atoms with E-state index in [0.29, 0.717) is 12.5 Å². The van der Waals surface area contributed by atoms with Gasteiger partial charge in [0, 0.05) is 12.2 Å². The lowest BCUT2D eigenvalue weighted by molar-refractivity contribution is -0.384. The Bertz CT molecular complexity index is 707. The second-order valence-corrected chi connectivity index (χ2v) is 5.50. The fraction of sp³-hybridized carbons (Fsp3) is 0.286. The topological polar surface area (TPSA) is 72.2 Å². The molecule has 1 aliphatic heterocycles. The second kappa shape index (κ2) is 5.29. The van der Waals surface area contributed by atoms with Crippen LogP contribution >= 0.6 is 11.6 Å². The lowest BCUT2D eigenvalue weighted by Gasteiger charge is -2.33. The van der Waals surface area contributed by atoms with Gasteiger partial charge in [0.15, 0.2) is 0 Å². The number of rotatable bonds is 2. The highest BCUT2D eigenvalue weighted by Gasteiger charge is 2.31. The Balaban J connectivity index is 2.18. The number of nitro groups is 1. The van der Waals surface area contributed by atoms with E-state index in [4.69, 9.17) is 11.6 Å². The summed E-state index contributed by atoms with van der Waals surface area (Å²) in [5, 5.41) is 11.2. The zero-order valence-electron chi connectivity index (χ0n) is 11.4. The predicted octanol–water partition coefficient (Wildman–Crippen LogP) is 3.37. The van der Waals surface area contributed by atoms with Gasteiger partial charge in [0.1, 0.15) is 6.33 Å². The van der Waals surface area contributed by atoms with Gasteiger partial charge in [-0.2, -0.15) is 0 Å². The lowest BCUT2D eigenvalue weighted by Crippen LogP contribution is -2.31. The van der Waals surface area contributed by atoms with Crippen LogP contribution in [0, 0.1) is 16.0 Å². The molecular formula is C14H13ClN4O2. The number of hydrogen-bond acceptors (Lipinski definition) is 5. The highest BCUT2D eigenvalue weighted by molar-refractivity contribution is 6.31. The summed E-state index contributed by atoms with van der Waals surface area (Å²) in [6.45, 7) is 2.77. The van der Waals surface area contributed by atoms with Gasteiger partial charge in [-0.1, -0.05) is 36.7 Å². The maximum atomic E-state index is 11.3. The van der Waals surface area contributed by atoms with Gasteiger partial charge in [0.25, 0.3) is 0 Å². The van der Waals surface area contributed by atoms with Crippen LogP contribution in [0.4, 0.5) is 17.2 Å². The molecule has 2 aromatic rings. The molecule has 1 aromatic carbocycles. The molecule has 2 heterocycles. The van der Waals surface area contributed by atoms with Gasteiger partial charge in [0.2, 0.25) is 11.0 Å². The smallest absolute Gasteiger partial charge is 0.320 e. The van der Waals surface area contributed by atoms with Crippen molar-refractivity contribution in [3.05, 3.63) is 51.4 Å². The van der Waals surface area contributed by atoms with E-state index in [0.717, 1.165) is 17.7 Å². The van der Waals surface area contributed by atoms with E-state index in [1.807, 2.05) is 29.2 Å². The number of para-hydroxylation sites is 1. The van der Waals surface area contributed by atoms with Gasteiger partial charge in [-0.3, -0.25) is 10.1 Å². The molecule has 0 saturated heterocycles. The SMILES string of the molecule is CC1Cc2ccccc2N(c2ncnc(Cl)c2[N+](=O)[O-])C1. The molecular weight excluding hydrogens is 292 g/mol. The number of anilines is 2. The number of aromatic nitrogens is 2. The quantitative estimate of drug-likeness (QED) is 0.483. The van der Waals surface area contributed by atoms with Crippen molar-refractivity contribution >= 4 is 28.8 Å². The average molecular weight is 305 g/mol. The maximum absolute atomic E-state index is 11.3. The van der Waals surface area contributed by atoms with Crippen LogP contribution in [-0.2, 0) is 6.42 Å². The first kappa shape index (κ1) is 13.8. The normalized spacial score (nSPS) is 17.4. The van der Waals surface area contributed by atoms with E-state index in [9.17, 15) is 10.1 Å². The Morgan fingerprint density at radius 2 is 2.14 bits per heavy atom. The zero-order chi connectivity index (χ0) is 15.0. The highest BCUT2D eigenvalue weighted by atomic mass is 35.5. The van der Waals surface area contributed by atoms with Gasteiger partial charge >= 0.3 is 5.69 Å². The fourth-order valence-electron chi connectivity index (χ4n) is 2.70. The molecule has 1 atom stereocenters. The predicted molar refractivity (Wildman–Crippen MR) is 80.0 cm³/mol. The van der Waals surface area contributed by atoms with Gasteiger partial charge < -0.3 is 4.90 Å². The molecule has 0 fully saturated rings. The van der Waals surface area contributed by atoms with Crippen molar-refractivity contribution in [2.24, 2.45) is 5.92 Å². The van der Waals surface area contributed by atoms with E-state index in [1.165, 1.54) is 6.33 Å². The largest absolute Gasteiger partial charge is 0.348 e. The van der Waals surface area contributed by atoms with Crippen molar-refractivity contribution in [1.82, 2.24) is 9.97 Å². The third-order valence-corrected chi connectivity index (χ3v) is 3.82. The highest BCUT2D eigenvalue weighted by Crippen LogP contribution is 2.40. The number of benzene rings is 1. The first-order valence-corrected chi connectivity index (χ1v) is 6.96. The minimum atomic E-state index is -0.528. The van der Waals surface area contributed by atoms with Crippen molar-refractivity contribution in [1.29, 1.82) is 0 Å². The van der Waals surface area contributed by atoms with E-state index in [1.54, 1.807) is 0 Å². The lowest BCUT2D eigenvalue weighted by atomic mass is 9.94. The number of halogens is 1. The Morgan fingerprint density at radius 1 is 1.38 bits per heavy atom. The van der Waals surface area contributed by atoms with Crippen molar-refractivity contribution < 1.29 is 4.92 Å². The number of fused-ring (bicyclic) bond motifs is 1. The van der Waals surface area contributed by atoms with Crippen LogP contribution in [0.15, 0.2) is 30.6 Å². The molecule has 1 aromatic heterocycles. The molecule has 0 radical (unpaired) electrons. The van der Waals surface area contributed by atoms with Crippen molar-refractivity contribution in [3.8, 4) is 0 Å². The monoisotopic (exact) mass is 304 g/mol. The molecule has 0 amide bonds. The van der Waals surface area contributed by atoms with Crippen LogP contribution in [0.2, 0.25) is 5.15 Å². The van der Waals surface area contributed by atoms with E-state index in [-0.39, 0.29) is 16.7 Å². The molecule has 7 heteroatoms. The minimum absolute atomic E-state index is 0.138. The van der Waals surface area contributed by atoms with E-state index < -0.39 is 4.92 Å². The molecule has 3 rings (SSSR count).